The fourth-order valence-electron chi connectivity index (χ4n) is 11.1. The first-order chi connectivity index (χ1) is 55.8. The summed E-state index contributed by atoms with van der Waals surface area (Å²) in [6.07, 6.45) is 17.5. The van der Waals surface area contributed by atoms with Gasteiger partial charge < -0.3 is 62.5 Å². The van der Waals surface area contributed by atoms with Crippen LogP contribution in [0.2, 0.25) is 15.5 Å². The van der Waals surface area contributed by atoms with Crippen LogP contribution in [0.15, 0.2) is 268 Å². The number of ether oxygens (including phenoxy) is 5. The number of amides is 1. The third-order valence-electron chi connectivity index (χ3n) is 16.9. The Morgan fingerprint density at radius 2 is 1.07 bits per heavy atom. The summed E-state index contributed by atoms with van der Waals surface area (Å²) < 4.78 is 30.0. The van der Waals surface area contributed by atoms with Crippen molar-refractivity contribution >= 4 is 64.5 Å². The number of piperidine rings is 2. The zero-order chi connectivity index (χ0) is 81.7. The van der Waals surface area contributed by atoms with Crippen LogP contribution in [-0.2, 0) is 9.53 Å². The molecule has 7 heterocycles. The van der Waals surface area contributed by atoms with Gasteiger partial charge in [0.25, 0.3) is 0 Å². The molecule has 2 saturated heterocycles. The van der Waals surface area contributed by atoms with Crippen molar-refractivity contribution in [1.29, 1.82) is 0 Å². The Bertz CT molecular complexity index is 4920. The smallest absolute Gasteiger partial charge is 0.481 e. The standard InChI is InChI=1S/C22H22N6O.C17H14ClN3O.C17H13ClN2O2.C13H10O2.C11H19NO4.C4H3ClN2.C4H9.Li/c23-21-20-19(15-8-10-18(11-9-15)29-17-6-2-1-3-7-17)27-22(28(20)26-14-25-21)16-5-4-12-24-13-16;18-17-16(20-10-11-21-17)15(19)12-6-8-14(9-7-12)22-13-4-2-1-3-5-13;18-17-15(19-10-11-20-17)16(21)12-6-8-14(9-7-12)22-13-4-2-1-3-5-13;14-10-11-6-8-13(9-7-11)15-12-4-2-1-3-5-12;1-11(2,3)16-10(15)12-6-4-5-8(7-12)9(13)14;5-4-3-6-1-2-7-4;1-3-4-2;/h1-3,6-11,14,16,24H,4-5,12-13H2,(H2,23,25,26);1-11,15H,19H2;1-11,16,21H;1-10H;8H,4-7H2,1-3H3,(H,13,14);1-3H;1,3-4H2,2H3;/q;;;;;;-1;+1. The van der Waals surface area contributed by atoms with Gasteiger partial charge in [-0.25, -0.2) is 34.2 Å². The number of rotatable bonds is 17. The molecule has 15 rings (SSSR count). The van der Waals surface area contributed by atoms with Gasteiger partial charge in [0.15, 0.2) is 16.1 Å². The van der Waals surface area contributed by atoms with Crippen LogP contribution in [0.5, 0.6) is 46.0 Å². The molecule has 4 atom stereocenters. The van der Waals surface area contributed by atoms with Crippen LogP contribution in [0.25, 0.3) is 16.8 Å². The average Bonchev–Trinajstić information content (AvgIpc) is 1.61. The summed E-state index contributed by atoms with van der Waals surface area (Å²) in [5.41, 5.74) is 17.5. The van der Waals surface area contributed by atoms with Crippen LogP contribution in [0.4, 0.5) is 10.6 Å². The number of aliphatic hydroxyl groups excluding tert-OH is 1. The molecule has 24 nitrogen and oxygen atoms in total. The summed E-state index contributed by atoms with van der Waals surface area (Å²) in [5.74, 6) is 6.44. The molecule has 7 N–H and O–H groups in total. The number of hydrogen-bond acceptors (Lipinski definition) is 21. The first-order valence-corrected chi connectivity index (χ1v) is 38.1. The molecule has 8 aromatic carbocycles. The maximum Gasteiger partial charge on any atom is 1.00 e. The largest absolute Gasteiger partial charge is 1.00 e. The molecule has 2 fully saturated rings. The molecule has 0 saturated carbocycles. The Morgan fingerprint density at radius 1 is 0.612 bits per heavy atom. The van der Waals surface area contributed by atoms with E-state index in [4.69, 9.17) is 80.0 Å². The van der Waals surface area contributed by atoms with Crippen LogP contribution < -0.4 is 54.6 Å². The van der Waals surface area contributed by atoms with Gasteiger partial charge in [0, 0.05) is 73.9 Å². The number of unbranched alkanes of at least 4 members (excludes halogenated alkanes) is 1. The molecule has 0 bridgehead atoms. The molecule has 0 radical (unpaired) electrons. The molecule has 1 amide bonds. The van der Waals surface area contributed by atoms with Crippen LogP contribution >= 0.6 is 34.8 Å². The number of nitrogens with one attached hydrogen (secondary N) is 1. The first-order valence-electron chi connectivity index (χ1n) is 37.0. The van der Waals surface area contributed by atoms with Crippen LogP contribution in [0, 0.1) is 12.8 Å². The topological polar surface area (TPSA) is 326 Å². The Morgan fingerprint density at radius 3 is 1.49 bits per heavy atom. The Hall–Kier alpha value is -11.7. The van der Waals surface area contributed by atoms with Crippen molar-refractivity contribution < 1.29 is 67.1 Å². The molecule has 116 heavy (non-hydrogen) atoms. The van der Waals surface area contributed by atoms with Crippen LogP contribution in [-0.4, -0.2) is 115 Å². The van der Waals surface area contributed by atoms with E-state index in [0.29, 0.717) is 63.3 Å². The molecule has 0 aliphatic carbocycles. The summed E-state index contributed by atoms with van der Waals surface area (Å²) in [4.78, 5) is 67.1. The SMILES string of the molecule is CC(C)(C)OC(=O)N1CCCC(C(=O)O)C1.Clc1cnccn1.NC(c1ccc(Oc2ccccc2)cc1)c1nccnc1Cl.Nc1ncnn2c(C3CCCNC3)nc(-c3ccc(Oc4ccccc4)cc3)c12.O=Cc1ccc(Oc2ccccc2)cc1.OC(c1ccc(Oc2ccccc2)cc1)c1nccnc1Cl.[CH2-]CCC.[Li+]. The van der Waals surface area contributed by atoms with Gasteiger partial charge in [-0.15, -0.1) is 0 Å². The van der Waals surface area contributed by atoms with Crippen LogP contribution in [0.3, 0.4) is 0 Å². The van der Waals surface area contributed by atoms with Gasteiger partial charge in [0.1, 0.15) is 98.2 Å². The number of anilines is 1. The van der Waals surface area contributed by atoms with Gasteiger partial charge in [-0.2, -0.15) is 11.5 Å². The Balaban J connectivity index is 0.000000178. The number of aldehydes is 1. The second kappa shape index (κ2) is 47.2. The predicted molar refractivity (Wildman–Crippen MR) is 446 cm³/mol. The molecule has 5 aromatic heterocycles. The minimum atomic E-state index is -0.924. The number of carboxylic acids is 1. The summed E-state index contributed by atoms with van der Waals surface area (Å²) >= 11 is 17.3. The number of imidazole rings is 1. The fourth-order valence-corrected chi connectivity index (χ4v) is 11.6. The Kier molecular flexibility index (Phi) is 36.6. The van der Waals surface area contributed by atoms with E-state index >= 15 is 0 Å². The molecule has 2 aliphatic heterocycles. The summed E-state index contributed by atoms with van der Waals surface area (Å²) in [6, 6.07) is 67.4. The number of aliphatic carboxylic acids is 1. The van der Waals surface area contributed by atoms with Gasteiger partial charge in [-0.05, 0) is 185 Å². The number of carbonyl (C=O) groups excluding carboxylic acids is 2. The molecule has 2 aliphatic rings. The maximum atomic E-state index is 11.7. The number of halogens is 3. The van der Waals surface area contributed by atoms with Crippen molar-refractivity contribution in [3.63, 3.8) is 0 Å². The number of para-hydroxylation sites is 4. The van der Waals surface area contributed by atoms with E-state index in [0.717, 1.165) is 113 Å². The Labute approximate surface area is 701 Å². The minimum Gasteiger partial charge on any atom is -0.481 e. The number of benzene rings is 8. The molecule has 594 valence electrons. The number of nitrogens with zero attached hydrogens (tertiary/aromatic N) is 11. The third-order valence-corrected chi connectivity index (χ3v) is 17.6. The van der Waals surface area contributed by atoms with E-state index in [1.807, 2.05) is 174 Å². The summed E-state index contributed by atoms with van der Waals surface area (Å²) in [7, 11) is 0. The van der Waals surface area contributed by atoms with Gasteiger partial charge in [0.2, 0.25) is 0 Å². The fraction of sp³-hybridized carbons (Fsp3) is 0.216. The number of aliphatic hydroxyl groups is 1. The van der Waals surface area contributed by atoms with Crippen molar-refractivity contribution in [3.05, 3.63) is 324 Å². The average molecular weight is 1620 g/mol. The number of likely N-dealkylation sites (tertiary alicyclic amines) is 1. The van der Waals surface area contributed by atoms with E-state index < -0.39 is 35.7 Å². The van der Waals surface area contributed by atoms with Gasteiger partial charge in [0.05, 0.1) is 23.9 Å². The normalized spacial score (nSPS) is 13.7. The van der Waals surface area contributed by atoms with Crippen molar-refractivity contribution in [1.82, 2.24) is 59.7 Å². The number of nitrogen functional groups attached to an aromatic ring is 1. The second-order valence-corrected chi connectivity index (χ2v) is 27.7. The third kappa shape index (κ3) is 29.0. The number of hydrogen-bond donors (Lipinski definition) is 5. The molecule has 28 heteroatoms. The maximum absolute atomic E-state index is 11.7. The molecule has 13 aromatic rings. The molecule has 4 unspecified atom stereocenters. The van der Waals surface area contributed by atoms with Gasteiger partial charge in [-0.1, -0.05) is 145 Å². The zero-order valence-corrected chi connectivity index (χ0v) is 67.2. The summed E-state index contributed by atoms with van der Waals surface area (Å²) in [6.45, 7) is 13.9. The van der Waals surface area contributed by atoms with E-state index in [-0.39, 0.29) is 30.6 Å². The quantitative estimate of drug-likeness (QED) is 0.0321. The van der Waals surface area contributed by atoms with E-state index in [1.165, 1.54) is 42.4 Å². The van der Waals surface area contributed by atoms with Gasteiger partial charge >= 0.3 is 30.9 Å². The number of carbonyl (C=O) groups is 3. The van der Waals surface area contributed by atoms with E-state index in [1.54, 1.807) is 87.9 Å². The van der Waals surface area contributed by atoms with Crippen molar-refractivity contribution in [2.75, 3.05) is 31.9 Å². The number of fused-ring (bicyclic) bond motifs is 1. The van der Waals surface area contributed by atoms with E-state index in [9.17, 15) is 19.5 Å². The van der Waals surface area contributed by atoms with Crippen molar-refractivity contribution in [2.24, 2.45) is 11.7 Å². The molecule has 0 spiro atoms. The number of nitrogens with two attached hydrogens (primary N) is 2. The minimum absolute atomic E-state index is 0. The molecular weight excluding hydrogens is 1530 g/mol. The van der Waals surface area contributed by atoms with Crippen molar-refractivity contribution in [3.8, 4) is 57.3 Å². The zero-order valence-electron chi connectivity index (χ0n) is 64.9. The predicted octanol–water partition coefficient (Wildman–Crippen LogP) is 16.4. The number of carboxylic acid groups (broad SMARTS) is 1. The van der Waals surface area contributed by atoms with Crippen LogP contribution in [0.1, 0.15) is 123 Å². The van der Waals surface area contributed by atoms with Crippen molar-refractivity contribution in [2.45, 2.75) is 89.9 Å². The summed E-state index contributed by atoms with van der Waals surface area (Å²) in [5, 5.41) is 28.1. The van der Waals surface area contributed by atoms with E-state index in [2.05, 4.69) is 59.2 Å². The number of aromatic nitrogens is 10. The van der Waals surface area contributed by atoms with Gasteiger partial charge in [-0.3, -0.25) is 24.5 Å². The molecular formula is C88H90Cl3LiN14O10. The monoisotopic (exact) mass is 1610 g/mol. The second-order valence-electron chi connectivity index (χ2n) is 26.6. The first kappa shape index (κ1) is 89.9.